The largest absolute Gasteiger partial charge is 0.368 e. The van der Waals surface area contributed by atoms with E-state index in [0.29, 0.717) is 36.7 Å². The summed E-state index contributed by atoms with van der Waals surface area (Å²) < 4.78 is 0. The lowest BCUT2D eigenvalue weighted by atomic mass is 10.1. The van der Waals surface area contributed by atoms with E-state index < -0.39 is 59.3 Å². The van der Waals surface area contributed by atoms with Crippen LogP contribution in [0.3, 0.4) is 0 Å². The fraction of sp³-hybridized carbons (Fsp3) is 0.417. The molecule has 0 aliphatic carbocycles. The van der Waals surface area contributed by atoms with Crippen molar-refractivity contribution in [1.82, 2.24) is 51.7 Å². The number of nitrogens with zero attached hydrogens (tertiary/aromatic N) is 4. The summed E-state index contributed by atoms with van der Waals surface area (Å²) in [5.74, 6) is -4.76. The summed E-state index contributed by atoms with van der Waals surface area (Å²) in [6.07, 6.45) is 5.64. The number of para-hydroxylation sites is 2. The normalized spacial score (nSPS) is 11.7. The lowest BCUT2D eigenvalue weighted by Crippen LogP contribution is -2.44. The van der Waals surface area contributed by atoms with Gasteiger partial charge in [0.15, 0.2) is 0 Å². The predicted octanol–water partition coefficient (Wildman–Crippen LogP) is 1.06. The van der Waals surface area contributed by atoms with Gasteiger partial charge in [-0.25, -0.2) is 0 Å². The summed E-state index contributed by atoms with van der Waals surface area (Å²) in [4.78, 5) is 136. The molecule has 386 valence electrons. The zero-order valence-electron chi connectivity index (χ0n) is 40.7. The minimum atomic E-state index is -0.864. The summed E-state index contributed by atoms with van der Waals surface area (Å²) in [5, 5.41) is 16.6. The molecule has 0 aliphatic heterocycles. The zero-order valence-corrected chi connectivity index (χ0v) is 42.3. The maximum atomic E-state index is 13.7. The summed E-state index contributed by atoms with van der Waals surface area (Å²) in [7, 11) is 2.91. The summed E-state index contributed by atoms with van der Waals surface area (Å²) in [6, 6.07) is 13.3. The van der Waals surface area contributed by atoms with Gasteiger partial charge in [0.05, 0.1) is 37.2 Å². The first-order valence-corrected chi connectivity index (χ1v) is 25.3. The molecule has 24 heteroatoms. The van der Waals surface area contributed by atoms with Crippen molar-refractivity contribution in [3.8, 4) is 0 Å². The van der Waals surface area contributed by atoms with Gasteiger partial charge in [-0.05, 0) is 73.9 Å². The van der Waals surface area contributed by atoms with Gasteiger partial charge in [-0.2, -0.15) is 0 Å². The number of carbonyl (C=O) groups is 10. The fourth-order valence-electron chi connectivity index (χ4n) is 7.38. The number of pyridine rings is 2. The first-order chi connectivity index (χ1) is 34.3. The second-order valence-electron chi connectivity index (χ2n) is 16.7. The number of nitrogens with one attached hydrogen (secondary N) is 6. The van der Waals surface area contributed by atoms with E-state index >= 15 is 0 Å². The van der Waals surface area contributed by atoms with Crippen molar-refractivity contribution in [2.45, 2.75) is 101 Å². The Morgan fingerprint density at radius 2 is 0.903 bits per heavy atom. The first-order valence-electron chi connectivity index (χ1n) is 23.1. The average molecular weight is 1030 g/mol. The standard InChI is InChI=1S/C48H62N12O10S2/c1-29(61)53-23-41(65)55-25-43(67)59(21-7-5-13-37(47(49)69)57-31(3)63)27-33-17-19-51-45-35(33)11-9-15-39(45)71-72-40-16-10-12-36-34(18-20-52-46(36)40)28-60(44(68)26-56-42(66)24-54-30(2)62)22-8-6-14-38(48(50)70)58-32(4)64/h9-12,15-20,37-38H,5-8,13-14,21-28H2,1-4H3,(H2,49,69)(H2,50,70)(H,53,61)(H,54,62)(H,55,65)(H,56,66)(H,57,63)(H,58,64)/t37-,38-/m0/s1. The van der Waals surface area contributed by atoms with Crippen molar-refractivity contribution >= 4 is 102 Å². The molecule has 0 fully saturated rings. The molecule has 4 rings (SSSR count). The van der Waals surface area contributed by atoms with E-state index in [1.54, 1.807) is 22.2 Å². The molecule has 0 bridgehead atoms. The number of unbranched alkanes of at least 4 members (excludes halogenated alkanes) is 2. The van der Waals surface area contributed by atoms with Crippen molar-refractivity contribution in [3.63, 3.8) is 0 Å². The second kappa shape index (κ2) is 29.1. The molecule has 4 aromatic rings. The molecule has 0 radical (unpaired) electrons. The lowest BCUT2D eigenvalue weighted by molar-refractivity contribution is -0.133. The van der Waals surface area contributed by atoms with Crippen molar-refractivity contribution in [1.29, 1.82) is 0 Å². The molecule has 2 atom stereocenters. The van der Waals surface area contributed by atoms with E-state index in [-0.39, 0.29) is 77.0 Å². The van der Waals surface area contributed by atoms with Crippen molar-refractivity contribution in [2.75, 3.05) is 39.3 Å². The Morgan fingerprint density at radius 1 is 0.514 bits per heavy atom. The van der Waals surface area contributed by atoms with Gasteiger partial charge in [-0.15, -0.1) is 0 Å². The SMILES string of the molecule is CC(=O)NCC(=O)NCC(=O)N(CCCC[C@H](NC(C)=O)C(N)=O)Cc1ccnc2c(SSc3cccc4c(CN(CCCC[C@H](NC(C)=O)C(N)=O)C(=O)CNC(=O)CNC(C)=O)ccnc34)cccc12. The van der Waals surface area contributed by atoms with Crippen LogP contribution in [0, 0.1) is 0 Å². The van der Waals surface area contributed by atoms with E-state index in [1.165, 1.54) is 49.3 Å². The Morgan fingerprint density at radius 3 is 1.25 bits per heavy atom. The minimum absolute atomic E-state index is 0.148. The van der Waals surface area contributed by atoms with Gasteiger partial charge in [-0.1, -0.05) is 45.9 Å². The van der Waals surface area contributed by atoms with Crippen LogP contribution in [-0.4, -0.2) is 130 Å². The number of fused-ring (bicyclic) bond motifs is 2. The minimum Gasteiger partial charge on any atom is -0.368 e. The van der Waals surface area contributed by atoms with Crippen LogP contribution >= 0.6 is 21.6 Å². The third kappa shape index (κ3) is 19.1. The molecule has 22 nitrogen and oxygen atoms in total. The smallest absolute Gasteiger partial charge is 0.242 e. The molecule has 0 saturated carbocycles. The monoisotopic (exact) mass is 1030 g/mol. The topological polar surface area (TPSA) is 327 Å². The van der Waals surface area contributed by atoms with Gasteiger partial charge in [0.25, 0.3) is 0 Å². The number of amides is 10. The van der Waals surface area contributed by atoms with Crippen LogP contribution in [0.25, 0.3) is 21.8 Å². The van der Waals surface area contributed by atoms with Gasteiger partial charge < -0.3 is 53.2 Å². The van der Waals surface area contributed by atoms with E-state index in [4.69, 9.17) is 21.4 Å². The summed E-state index contributed by atoms with van der Waals surface area (Å²) in [5.41, 5.74) is 13.9. The van der Waals surface area contributed by atoms with Gasteiger partial charge in [0, 0.05) is 86.8 Å². The van der Waals surface area contributed by atoms with Gasteiger partial charge in [0.2, 0.25) is 59.1 Å². The molecule has 0 spiro atoms. The van der Waals surface area contributed by atoms with Gasteiger partial charge in [0.1, 0.15) is 12.1 Å². The van der Waals surface area contributed by atoms with Gasteiger partial charge in [-0.3, -0.25) is 57.9 Å². The molecule has 72 heavy (non-hydrogen) atoms. The van der Waals surface area contributed by atoms with Crippen LogP contribution in [0.2, 0.25) is 0 Å². The Labute approximate surface area is 424 Å². The summed E-state index contributed by atoms with van der Waals surface area (Å²) >= 11 is 0. The third-order valence-corrected chi connectivity index (χ3v) is 13.4. The van der Waals surface area contributed by atoms with Crippen LogP contribution in [-0.2, 0) is 61.0 Å². The number of nitrogens with two attached hydrogens (primary N) is 2. The molecule has 0 aliphatic rings. The second-order valence-corrected chi connectivity index (χ2v) is 18.9. The van der Waals surface area contributed by atoms with E-state index in [1.807, 2.05) is 48.5 Å². The highest BCUT2D eigenvalue weighted by Gasteiger charge is 2.22. The number of primary amides is 2. The maximum absolute atomic E-state index is 13.7. The van der Waals surface area contributed by atoms with Crippen molar-refractivity contribution < 1.29 is 47.9 Å². The molecule has 2 aromatic heterocycles. The Bertz CT molecular complexity index is 2460. The molecular formula is C48H62N12O10S2. The number of aromatic nitrogens is 2. The van der Waals surface area contributed by atoms with Crippen LogP contribution in [0.1, 0.15) is 77.3 Å². The molecule has 10 N–H and O–H groups in total. The highest BCUT2D eigenvalue weighted by Crippen LogP contribution is 2.43. The Balaban J connectivity index is 1.55. The van der Waals surface area contributed by atoms with Crippen molar-refractivity contribution in [3.05, 3.63) is 72.1 Å². The predicted molar refractivity (Wildman–Crippen MR) is 271 cm³/mol. The number of carbonyl (C=O) groups excluding carboxylic acids is 10. The van der Waals surface area contributed by atoms with Gasteiger partial charge >= 0.3 is 0 Å². The molecule has 2 aromatic carbocycles. The lowest BCUT2D eigenvalue weighted by Gasteiger charge is -2.24. The molecule has 10 amide bonds. The number of hydrogen-bond donors (Lipinski definition) is 8. The highest BCUT2D eigenvalue weighted by atomic mass is 33.1. The van der Waals surface area contributed by atoms with Crippen LogP contribution in [0.15, 0.2) is 70.7 Å². The number of hydrogen-bond acceptors (Lipinski definition) is 14. The van der Waals surface area contributed by atoms with E-state index in [9.17, 15) is 47.9 Å². The quantitative estimate of drug-likeness (QED) is 0.0279. The fourth-order valence-corrected chi connectivity index (χ4v) is 9.65. The van der Waals surface area contributed by atoms with Crippen LogP contribution in [0.4, 0.5) is 0 Å². The maximum Gasteiger partial charge on any atom is 0.242 e. The molecular weight excluding hydrogens is 969 g/mol. The highest BCUT2D eigenvalue weighted by molar-refractivity contribution is 8.76. The van der Waals surface area contributed by atoms with Crippen LogP contribution < -0.4 is 43.4 Å². The Kier molecular flexibility index (Phi) is 23.1. The summed E-state index contributed by atoms with van der Waals surface area (Å²) in [6.45, 7) is 4.68. The van der Waals surface area contributed by atoms with Crippen LogP contribution in [0.5, 0.6) is 0 Å². The first kappa shape index (κ1) is 57.2. The third-order valence-electron chi connectivity index (χ3n) is 11.0. The van der Waals surface area contributed by atoms with Crippen molar-refractivity contribution in [2.24, 2.45) is 11.5 Å². The Hall–Kier alpha value is -7.34. The van der Waals surface area contributed by atoms with E-state index in [0.717, 1.165) is 31.7 Å². The molecule has 0 unspecified atom stereocenters. The molecule has 0 saturated heterocycles. The zero-order chi connectivity index (χ0) is 52.7. The number of benzene rings is 2. The van der Waals surface area contributed by atoms with E-state index in [2.05, 4.69) is 31.9 Å². The molecule has 2 heterocycles. The average Bonchev–Trinajstić information content (AvgIpc) is 3.33. The number of rotatable bonds is 29.